The van der Waals surface area contributed by atoms with Gasteiger partial charge in [0.1, 0.15) is 5.01 Å². The smallest absolute Gasteiger partial charge is 0.339 e. The van der Waals surface area contributed by atoms with E-state index in [4.69, 9.17) is 4.74 Å². The molecule has 0 bridgehead atoms. The van der Waals surface area contributed by atoms with E-state index in [-0.39, 0.29) is 12.0 Å². The van der Waals surface area contributed by atoms with Gasteiger partial charge in [0.05, 0.1) is 18.7 Å². The van der Waals surface area contributed by atoms with Crippen LogP contribution < -0.4 is 5.32 Å². The lowest BCUT2D eigenvalue weighted by molar-refractivity contribution is 0.0601. The number of hydrogen-bond donors (Lipinski definition) is 1. The van der Waals surface area contributed by atoms with E-state index >= 15 is 0 Å². The van der Waals surface area contributed by atoms with Gasteiger partial charge in [0.25, 0.3) is 0 Å². The fourth-order valence-corrected chi connectivity index (χ4v) is 2.45. The van der Waals surface area contributed by atoms with Crippen LogP contribution in [-0.4, -0.2) is 18.1 Å². The summed E-state index contributed by atoms with van der Waals surface area (Å²) in [6.45, 7) is 3.96. The Balaban J connectivity index is 2.27. The van der Waals surface area contributed by atoms with Gasteiger partial charge in [0, 0.05) is 17.3 Å². The Bertz CT molecular complexity index is 567. The first-order valence-electron chi connectivity index (χ1n) is 5.96. The molecule has 0 saturated heterocycles. The number of anilines is 1. The predicted molar refractivity (Wildman–Crippen MR) is 76.7 cm³/mol. The predicted octanol–water partition coefficient (Wildman–Crippen LogP) is 3.41. The Kier molecular flexibility index (Phi) is 4.16. The maximum atomic E-state index is 11.8. The minimum absolute atomic E-state index is 0.0473. The molecule has 2 aromatic rings. The minimum Gasteiger partial charge on any atom is -0.465 e. The van der Waals surface area contributed by atoms with E-state index in [1.807, 2.05) is 37.4 Å². The first kappa shape index (κ1) is 13.5. The number of nitrogens with zero attached hydrogens (tertiary/aromatic N) is 1. The SMILES string of the molecule is COC(=O)c1cc(C)ccc1NC(C)c1nccs1. The van der Waals surface area contributed by atoms with Crippen LogP contribution in [0.3, 0.4) is 0 Å². The molecule has 0 aliphatic rings. The van der Waals surface area contributed by atoms with Crippen molar-refractivity contribution in [3.8, 4) is 0 Å². The summed E-state index contributed by atoms with van der Waals surface area (Å²) >= 11 is 1.58. The van der Waals surface area contributed by atoms with Crippen molar-refractivity contribution < 1.29 is 9.53 Å². The number of thiazole rings is 1. The third-order valence-corrected chi connectivity index (χ3v) is 3.73. The van der Waals surface area contributed by atoms with Gasteiger partial charge in [-0.2, -0.15) is 0 Å². The topological polar surface area (TPSA) is 51.2 Å². The van der Waals surface area contributed by atoms with Crippen molar-refractivity contribution in [1.82, 2.24) is 4.98 Å². The van der Waals surface area contributed by atoms with Gasteiger partial charge in [-0.1, -0.05) is 11.6 Å². The van der Waals surface area contributed by atoms with Gasteiger partial charge in [-0.05, 0) is 26.0 Å². The summed E-state index contributed by atoms with van der Waals surface area (Å²) in [5.41, 5.74) is 2.33. The fraction of sp³-hybridized carbons (Fsp3) is 0.286. The summed E-state index contributed by atoms with van der Waals surface area (Å²) in [6, 6.07) is 5.73. The zero-order valence-corrected chi connectivity index (χ0v) is 12.0. The molecule has 4 nitrogen and oxygen atoms in total. The molecular weight excluding hydrogens is 260 g/mol. The average Bonchev–Trinajstić information content (AvgIpc) is 2.94. The molecule has 1 heterocycles. The molecule has 0 spiro atoms. The molecule has 19 heavy (non-hydrogen) atoms. The summed E-state index contributed by atoms with van der Waals surface area (Å²) < 4.78 is 4.81. The summed E-state index contributed by atoms with van der Waals surface area (Å²) in [4.78, 5) is 16.0. The zero-order chi connectivity index (χ0) is 13.8. The first-order valence-corrected chi connectivity index (χ1v) is 6.84. The van der Waals surface area contributed by atoms with Gasteiger partial charge in [-0.15, -0.1) is 11.3 Å². The average molecular weight is 276 g/mol. The number of carbonyl (C=O) groups excluding carboxylic acids is 1. The molecule has 0 aliphatic heterocycles. The van der Waals surface area contributed by atoms with Crippen LogP contribution in [0.1, 0.15) is 33.9 Å². The van der Waals surface area contributed by atoms with E-state index in [0.717, 1.165) is 16.3 Å². The normalized spacial score (nSPS) is 11.9. The quantitative estimate of drug-likeness (QED) is 0.869. The van der Waals surface area contributed by atoms with Crippen LogP contribution >= 0.6 is 11.3 Å². The summed E-state index contributed by atoms with van der Waals surface area (Å²) in [6.07, 6.45) is 1.77. The van der Waals surface area contributed by atoms with Crippen LogP contribution in [0.15, 0.2) is 29.8 Å². The van der Waals surface area contributed by atoms with Gasteiger partial charge >= 0.3 is 5.97 Å². The van der Waals surface area contributed by atoms with Crippen molar-refractivity contribution in [3.05, 3.63) is 45.9 Å². The third-order valence-electron chi connectivity index (χ3n) is 2.77. The number of benzene rings is 1. The Morgan fingerprint density at radius 1 is 1.47 bits per heavy atom. The van der Waals surface area contributed by atoms with Crippen LogP contribution in [0.4, 0.5) is 5.69 Å². The highest BCUT2D eigenvalue weighted by atomic mass is 32.1. The molecule has 0 fully saturated rings. The van der Waals surface area contributed by atoms with Crippen molar-refractivity contribution in [2.24, 2.45) is 0 Å². The Morgan fingerprint density at radius 2 is 2.26 bits per heavy atom. The molecule has 1 aromatic heterocycles. The summed E-state index contributed by atoms with van der Waals surface area (Å²) in [5.74, 6) is -0.336. The summed E-state index contributed by atoms with van der Waals surface area (Å²) in [5, 5.41) is 6.22. The second-order valence-electron chi connectivity index (χ2n) is 4.28. The van der Waals surface area contributed by atoms with E-state index in [1.165, 1.54) is 7.11 Å². The van der Waals surface area contributed by atoms with Crippen LogP contribution in [0.25, 0.3) is 0 Å². The number of carbonyl (C=O) groups is 1. The molecule has 0 saturated carbocycles. The Hall–Kier alpha value is -1.88. The number of esters is 1. The van der Waals surface area contributed by atoms with Crippen molar-refractivity contribution in [3.63, 3.8) is 0 Å². The van der Waals surface area contributed by atoms with Crippen molar-refractivity contribution >= 4 is 23.0 Å². The third kappa shape index (κ3) is 3.12. The van der Waals surface area contributed by atoms with Crippen LogP contribution in [0, 0.1) is 6.92 Å². The second-order valence-corrected chi connectivity index (χ2v) is 5.20. The van der Waals surface area contributed by atoms with Gasteiger partial charge < -0.3 is 10.1 Å². The molecule has 1 aromatic carbocycles. The van der Waals surface area contributed by atoms with Crippen LogP contribution in [0.2, 0.25) is 0 Å². The molecule has 100 valence electrons. The van der Waals surface area contributed by atoms with Gasteiger partial charge in [0.2, 0.25) is 0 Å². The number of aromatic nitrogens is 1. The molecular formula is C14H16N2O2S. The van der Waals surface area contributed by atoms with E-state index in [2.05, 4.69) is 10.3 Å². The lowest BCUT2D eigenvalue weighted by Crippen LogP contribution is -2.11. The van der Waals surface area contributed by atoms with Crippen molar-refractivity contribution in [2.75, 3.05) is 12.4 Å². The Morgan fingerprint density at radius 3 is 2.89 bits per heavy atom. The number of hydrogen-bond acceptors (Lipinski definition) is 5. The monoisotopic (exact) mass is 276 g/mol. The zero-order valence-electron chi connectivity index (χ0n) is 11.1. The molecule has 0 radical (unpaired) electrons. The largest absolute Gasteiger partial charge is 0.465 e. The van der Waals surface area contributed by atoms with Crippen LogP contribution in [-0.2, 0) is 4.74 Å². The molecule has 1 unspecified atom stereocenters. The van der Waals surface area contributed by atoms with E-state index < -0.39 is 0 Å². The number of aryl methyl sites for hydroxylation is 1. The molecule has 1 atom stereocenters. The van der Waals surface area contributed by atoms with Crippen molar-refractivity contribution in [1.29, 1.82) is 0 Å². The van der Waals surface area contributed by atoms with E-state index in [1.54, 1.807) is 17.5 Å². The molecule has 2 rings (SSSR count). The van der Waals surface area contributed by atoms with Crippen LogP contribution in [0.5, 0.6) is 0 Å². The van der Waals surface area contributed by atoms with Gasteiger partial charge in [0.15, 0.2) is 0 Å². The first-order chi connectivity index (χ1) is 9.11. The number of ether oxygens (including phenoxy) is 1. The maximum Gasteiger partial charge on any atom is 0.339 e. The lowest BCUT2D eigenvalue weighted by Gasteiger charge is -2.16. The maximum absolute atomic E-state index is 11.8. The number of nitrogens with one attached hydrogen (secondary N) is 1. The van der Waals surface area contributed by atoms with E-state index in [0.29, 0.717) is 5.56 Å². The fourth-order valence-electron chi connectivity index (χ4n) is 1.81. The number of methoxy groups -OCH3 is 1. The lowest BCUT2D eigenvalue weighted by atomic mass is 10.1. The number of rotatable bonds is 4. The Labute approximate surface area is 116 Å². The molecule has 0 aliphatic carbocycles. The highest BCUT2D eigenvalue weighted by molar-refractivity contribution is 7.09. The van der Waals surface area contributed by atoms with Gasteiger partial charge in [-0.3, -0.25) is 0 Å². The molecule has 0 amide bonds. The standard InChI is InChI=1S/C14H16N2O2S/c1-9-4-5-12(11(8-9)14(17)18-3)16-10(2)13-15-6-7-19-13/h4-8,10,16H,1-3H3. The second kappa shape index (κ2) is 5.84. The summed E-state index contributed by atoms with van der Waals surface area (Å²) in [7, 11) is 1.39. The highest BCUT2D eigenvalue weighted by Gasteiger charge is 2.15. The minimum atomic E-state index is -0.336. The molecule has 1 N–H and O–H groups in total. The highest BCUT2D eigenvalue weighted by Crippen LogP contribution is 2.25. The molecule has 5 heteroatoms. The van der Waals surface area contributed by atoms with E-state index in [9.17, 15) is 4.79 Å². The van der Waals surface area contributed by atoms with Crippen molar-refractivity contribution in [2.45, 2.75) is 19.9 Å². The van der Waals surface area contributed by atoms with Gasteiger partial charge in [-0.25, -0.2) is 9.78 Å².